The van der Waals surface area contributed by atoms with Gasteiger partial charge >= 0.3 is 11.3 Å². The van der Waals surface area contributed by atoms with E-state index in [2.05, 4.69) is 15.9 Å². The molecule has 512 valence electrons. The minimum atomic E-state index is -0.847. The van der Waals surface area contributed by atoms with Crippen LogP contribution in [0, 0.1) is 6.92 Å². The Bertz CT molecular complexity index is 5210. The summed E-state index contributed by atoms with van der Waals surface area (Å²) in [6.07, 6.45) is 11.8. The molecule has 2 heterocycles. The predicted molar refractivity (Wildman–Crippen MR) is 395 cm³/mol. The van der Waals surface area contributed by atoms with Crippen LogP contribution in [0.25, 0.3) is 46.2 Å². The van der Waals surface area contributed by atoms with E-state index in [1.54, 1.807) is 184 Å². The van der Waals surface area contributed by atoms with E-state index >= 15 is 0 Å². The maximum absolute atomic E-state index is 12.3. The molecule has 12 rings (SSSR count). The number of ether oxygens (including phenoxy) is 3. The second-order valence-electron chi connectivity index (χ2n) is 21.8. The molecule has 10 aromatic carbocycles. The Morgan fingerprint density at radius 2 is 0.882 bits per heavy atom. The molecule has 0 aliphatic carbocycles. The molecule has 18 nitrogen and oxygen atoms in total. The smallest absolute Gasteiger partial charge is 0.351 e. The Hall–Kier alpha value is -13.4. The highest BCUT2D eigenvalue weighted by Gasteiger charge is 2.20. The molecule has 0 atom stereocenters. The lowest BCUT2D eigenvalue weighted by atomic mass is 10.0. The first-order chi connectivity index (χ1) is 49.1. The number of methoxy groups -OCH3 is 3. The lowest BCUT2D eigenvalue weighted by molar-refractivity contribution is 0.102. The number of fused-ring (bicyclic) bond motifs is 2. The first-order valence-corrected chi connectivity index (χ1v) is 31.7. The van der Waals surface area contributed by atoms with Gasteiger partial charge in [0.05, 0.1) is 32.1 Å². The van der Waals surface area contributed by atoms with Crippen molar-refractivity contribution in [3.63, 3.8) is 0 Å². The third kappa shape index (κ3) is 20.6. The molecular formula is C83H65BrO18. The molecule has 0 bridgehead atoms. The van der Waals surface area contributed by atoms with E-state index in [0.29, 0.717) is 67.0 Å². The van der Waals surface area contributed by atoms with Gasteiger partial charge in [-0.15, -0.1) is 0 Å². The predicted octanol–water partition coefficient (Wildman–Crippen LogP) is 16.8. The highest BCUT2D eigenvalue weighted by molar-refractivity contribution is 9.10. The number of allylic oxidation sites excluding steroid dienone is 4. The Morgan fingerprint density at radius 3 is 1.49 bits per heavy atom. The van der Waals surface area contributed by atoms with Gasteiger partial charge < -0.3 is 53.7 Å². The normalized spacial score (nSPS) is 10.8. The molecule has 0 amide bonds. The Kier molecular flexibility index (Phi) is 26.5. The molecule has 12 aromatic rings. The first kappa shape index (κ1) is 74.4. The lowest BCUT2D eigenvalue weighted by Crippen LogP contribution is -2.14. The van der Waals surface area contributed by atoms with Crippen molar-refractivity contribution in [2.24, 2.45) is 0 Å². The molecule has 19 heteroatoms. The van der Waals surface area contributed by atoms with E-state index < -0.39 is 22.8 Å². The standard InChI is InChI=1S/C19H14O4.C16H13BrO3.C16H10O4.C16H14O4.C16H14O3/c1-12-6-8-13(9-7-12)10-11-15(20)17-18(21)14-4-2-3-5-16(14)23-19(17)22;1-20-14-6-2-11(3-7-14)15(18)8-4-12-10-13(17)5-9-16(12)19;17-13-7-4-8-14-11(13)9-12(16(19)20-14)15(18)10-5-2-1-3-6-10;1-20-15-4-2-3-12(16(15)19)7-10-14(18)11-5-8-13(17)9-6-11;1-19-14-8-10-16(18)13(11-14)7-9-15(17)12-5-3-2-4-6-12/h2-11,21H,1H3;2-10,19H,1H3;1-9,17H;2-10,17,19H,1H3;2-11,18H,1H3/b11-10+;8-4+;;10-7+;9-7+. The molecule has 2 aromatic heterocycles. The zero-order valence-electron chi connectivity index (χ0n) is 55.1. The highest BCUT2D eigenvalue weighted by Crippen LogP contribution is 2.32. The van der Waals surface area contributed by atoms with Gasteiger partial charge in [-0.05, 0) is 176 Å². The van der Waals surface area contributed by atoms with Gasteiger partial charge in [-0.25, -0.2) is 9.59 Å². The zero-order valence-corrected chi connectivity index (χ0v) is 56.7. The second kappa shape index (κ2) is 36.3. The van der Waals surface area contributed by atoms with Crippen molar-refractivity contribution in [1.82, 2.24) is 0 Å². The van der Waals surface area contributed by atoms with E-state index in [1.165, 1.54) is 80.0 Å². The molecule has 0 saturated carbocycles. The minimum absolute atomic E-state index is 0.00949. The summed E-state index contributed by atoms with van der Waals surface area (Å²) < 4.78 is 26.1. The Balaban J connectivity index is 0.000000162. The third-order valence-electron chi connectivity index (χ3n) is 14.9. The van der Waals surface area contributed by atoms with Crippen LogP contribution in [0.15, 0.2) is 284 Å². The lowest BCUT2D eigenvalue weighted by Gasteiger charge is -2.05. The monoisotopic (exact) mass is 1430 g/mol. The number of phenols is 5. The molecule has 0 radical (unpaired) electrons. The van der Waals surface area contributed by atoms with Gasteiger partial charge in [-0.2, -0.15) is 0 Å². The van der Waals surface area contributed by atoms with E-state index in [0.717, 1.165) is 15.6 Å². The Labute approximate surface area is 592 Å². The first-order valence-electron chi connectivity index (χ1n) is 30.9. The van der Waals surface area contributed by atoms with E-state index in [-0.39, 0.29) is 74.1 Å². The van der Waals surface area contributed by atoms with Crippen molar-refractivity contribution in [2.45, 2.75) is 6.92 Å². The molecule has 0 fully saturated rings. The number of phenolic OH excluding ortho intramolecular Hbond substituents is 5. The number of hydrogen-bond donors (Lipinski definition) is 6. The minimum Gasteiger partial charge on any atom is -0.508 e. The number of hydrogen-bond acceptors (Lipinski definition) is 18. The second-order valence-corrected chi connectivity index (χ2v) is 22.7. The summed E-state index contributed by atoms with van der Waals surface area (Å²) >= 11 is 3.32. The summed E-state index contributed by atoms with van der Waals surface area (Å²) in [4.78, 5) is 84.2. The van der Waals surface area contributed by atoms with E-state index in [1.807, 2.05) is 49.4 Å². The van der Waals surface area contributed by atoms with Gasteiger partial charge in [-0.1, -0.05) is 143 Å². The summed E-state index contributed by atoms with van der Waals surface area (Å²) in [6, 6.07) is 65.3. The number of rotatable bonds is 17. The quantitative estimate of drug-likeness (QED) is 0.0280. The summed E-state index contributed by atoms with van der Waals surface area (Å²) in [5, 5.41) is 59.1. The number of aromatic hydroxyl groups is 6. The van der Waals surface area contributed by atoms with Crippen LogP contribution in [-0.4, -0.2) is 80.9 Å². The van der Waals surface area contributed by atoms with Gasteiger partial charge in [0.15, 0.2) is 40.4 Å². The van der Waals surface area contributed by atoms with Gasteiger partial charge in [-0.3, -0.25) is 24.0 Å². The van der Waals surface area contributed by atoms with Crippen LogP contribution < -0.4 is 25.5 Å². The van der Waals surface area contributed by atoms with Gasteiger partial charge in [0, 0.05) is 43.4 Å². The number of carbonyl (C=O) groups excluding carboxylic acids is 5. The van der Waals surface area contributed by atoms with Crippen LogP contribution in [0.1, 0.15) is 85.2 Å². The van der Waals surface area contributed by atoms with Crippen LogP contribution >= 0.6 is 15.9 Å². The molecule has 0 spiro atoms. The number of ketones is 5. The number of halogens is 1. The van der Waals surface area contributed by atoms with Crippen molar-refractivity contribution in [3.05, 3.63) is 347 Å². The van der Waals surface area contributed by atoms with Crippen molar-refractivity contribution in [3.8, 4) is 51.7 Å². The molecule has 0 aliphatic heterocycles. The number of carbonyl (C=O) groups is 5. The summed E-state index contributed by atoms with van der Waals surface area (Å²) in [6.45, 7) is 1.97. The summed E-state index contributed by atoms with van der Waals surface area (Å²) in [5.41, 5.74) is 4.09. The van der Waals surface area contributed by atoms with Crippen LogP contribution in [0.5, 0.6) is 51.7 Å². The summed E-state index contributed by atoms with van der Waals surface area (Å²) in [5.74, 6) is 0.160. The van der Waals surface area contributed by atoms with Crippen molar-refractivity contribution in [1.29, 1.82) is 0 Å². The molecular weight excluding hydrogens is 1360 g/mol. The molecule has 0 saturated heterocycles. The zero-order chi connectivity index (χ0) is 73.2. The van der Waals surface area contributed by atoms with Crippen LogP contribution in [-0.2, 0) is 0 Å². The SMILES string of the molecule is COc1ccc(C(=O)/C=C/c2cc(Br)ccc2O)cc1.COc1ccc(O)c(/C=C/C(=O)c2ccccc2)c1.COc1cccc(/C=C/C(=O)c2ccc(O)cc2)c1O.Cc1ccc(/C=C/C(=O)c2c(O)c3ccccc3oc2=O)cc1.O=C(c1ccccc1)c1cc2c(O)cccc2oc1=O. The largest absolute Gasteiger partial charge is 0.508 e. The van der Waals surface area contributed by atoms with Gasteiger partial charge in [0.1, 0.15) is 62.5 Å². The fraction of sp³-hybridized carbons (Fsp3) is 0.0482. The fourth-order valence-electron chi connectivity index (χ4n) is 9.37. The van der Waals surface area contributed by atoms with Gasteiger partial charge in [0.2, 0.25) is 0 Å². The fourth-order valence-corrected chi connectivity index (χ4v) is 9.75. The average Bonchev–Trinajstić information content (AvgIpc) is 0.794. The van der Waals surface area contributed by atoms with Crippen LogP contribution in [0.4, 0.5) is 0 Å². The third-order valence-corrected chi connectivity index (χ3v) is 15.4. The average molecular weight is 1430 g/mol. The van der Waals surface area contributed by atoms with Crippen LogP contribution in [0.2, 0.25) is 0 Å². The number of aryl methyl sites for hydroxylation is 1. The van der Waals surface area contributed by atoms with Crippen molar-refractivity contribution in [2.75, 3.05) is 21.3 Å². The number of para-hydroxylation sites is 2. The van der Waals surface area contributed by atoms with E-state index in [9.17, 15) is 59.1 Å². The number of benzene rings is 10. The summed E-state index contributed by atoms with van der Waals surface area (Å²) in [7, 11) is 4.59. The Morgan fingerprint density at radius 1 is 0.392 bits per heavy atom. The highest BCUT2D eigenvalue weighted by atomic mass is 79.9. The molecule has 0 unspecified atom stereocenters. The van der Waals surface area contributed by atoms with Crippen molar-refractivity contribution >= 4 is 91.1 Å². The van der Waals surface area contributed by atoms with Crippen molar-refractivity contribution < 1.29 is 77.7 Å². The van der Waals surface area contributed by atoms with Crippen LogP contribution in [0.3, 0.4) is 0 Å². The molecule has 6 N–H and O–H groups in total. The van der Waals surface area contributed by atoms with Gasteiger partial charge in [0.25, 0.3) is 0 Å². The molecule has 0 aliphatic rings. The maximum atomic E-state index is 12.3. The topological polar surface area (TPSA) is 295 Å². The maximum Gasteiger partial charge on any atom is 0.351 e. The molecule has 102 heavy (non-hydrogen) atoms. The van der Waals surface area contributed by atoms with E-state index in [4.69, 9.17) is 28.2 Å².